The van der Waals surface area contributed by atoms with Gasteiger partial charge in [0.15, 0.2) is 5.69 Å². The molecule has 2 aromatic rings. The van der Waals surface area contributed by atoms with Crippen LogP contribution in [-0.2, 0) is 11.0 Å². The van der Waals surface area contributed by atoms with Gasteiger partial charge in [-0.15, -0.1) is 0 Å². The number of halogens is 3. The van der Waals surface area contributed by atoms with Crippen LogP contribution in [0.2, 0.25) is 0 Å². The zero-order valence-electron chi connectivity index (χ0n) is 18.9. The number of anilines is 1. The molecule has 0 bridgehead atoms. The van der Waals surface area contributed by atoms with Crippen LogP contribution in [0, 0.1) is 17.2 Å². The Balaban J connectivity index is 2.30. The number of alkyl halides is 3. The van der Waals surface area contributed by atoms with Gasteiger partial charge < -0.3 is 15.0 Å². The molecule has 7 nitrogen and oxygen atoms in total. The van der Waals surface area contributed by atoms with E-state index >= 15 is 0 Å². The summed E-state index contributed by atoms with van der Waals surface area (Å²) in [7, 11) is 1.55. The largest absolute Gasteiger partial charge is 0.491 e. The summed E-state index contributed by atoms with van der Waals surface area (Å²) in [6.07, 6.45) is -3.29. The van der Waals surface area contributed by atoms with Crippen LogP contribution in [-0.4, -0.2) is 48.9 Å². The fourth-order valence-corrected chi connectivity index (χ4v) is 3.05. The Morgan fingerprint density at radius 1 is 1.33 bits per heavy atom. The van der Waals surface area contributed by atoms with Gasteiger partial charge in [0.2, 0.25) is 5.91 Å². The molecule has 33 heavy (non-hydrogen) atoms. The predicted molar refractivity (Wildman–Crippen MR) is 120 cm³/mol. The number of nitriles is 1. The highest BCUT2D eigenvalue weighted by Crippen LogP contribution is 2.38. The smallest absolute Gasteiger partial charge is 0.419 e. The highest BCUT2D eigenvalue weighted by Gasteiger charge is 2.35. The highest BCUT2D eigenvalue weighted by molar-refractivity contribution is 5.79. The monoisotopic (exact) mass is 461 g/mol. The first-order chi connectivity index (χ1) is 15.6. The van der Waals surface area contributed by atoms with E-state index in [9.17, 15) is 23.2 Å². The van der Waals surface area contributed by atoms with Crippen LogP contribution in [0.1, 0.15) is 32.0 Å². The Labute approximate surface area is 190 Å². The summed E-state index contributed by atoms with van der Waals surface area (Å²) in [5, 5.41) is 12.1. The minimum absolute atomic E-state index is 0.0239. The summed E-state index contributed by atoms with van der Waals surface area (Å²) in [6, 6.07) is 8.59. The zero-order chi connectivity index (χ0) is 24.6. The number of hydrogen-bond acceptors (Lipinski definition) is 5. The van der Waals surface area contributed by atoms with Gasteiger partial charge in [0.05, 0.1) is 29.8 Å². The average molecular weight is 461 g/mol. The van der Waals surface area contributed by atoms with Crippen LogP contribution in [0.15, 0.2) is 35.3 Å². The number of aliphatic imine (C=N–C) groups is 1. The van der Waals surface area contributed by atoms with Crippen molar-refractivity contribution in [2.75, 3.05) is 32.1 Å². The van der Waals surface area contributed by atoms with Gasteiger partial charge in [-0.3, -0.25) is 9.79 Å². The molecule has 0 spiro atoms. The molecule has 1 aromatic carbocycles. The standard InChI is InChI=1S/C23H26F3N5O2/c1-5-31(22(32)15(2)3)10-11-33-21-9-6-16(12-17(21)23(24,25)26)18-7-8-19(29-14-28-4)20(13-27)30-18/h6-9,12,14-15H,5,10-11H2,1-4H3,(H,28,29). The Morgan fingerprint density at radius 2 is 2.06 bits per heavy atom. The molecule has 0 aliphatic rings. The molecule has 0 saturated carbocycles. The molecule has 0 fully saturated rings. The normalized spacial score (nSPS) is 11.5. The molecule has 1 aromatic heterocycles. The molecule has 1 N–H and O–H groups in total. The number of benzene rings is 1. The number of nitrogens with zero attached hydrogens (tertiary/aromatic N) is 4. The Morgan fingerprint density at radius 3 is 2.64 bits per heavy atom. The summed E-state index contributed by atoms with van der Waals surface area (Å²) in [5.41, 5.74) is -0.150. The van der Waals surface area contributed by atoms with Gasteiger partial charge in [0, 0.05) is 25.1 Å². The molecule has 0 unspecified atom stereocenters. The van der Waals surface area contributed by atoms with Gasteiger partial charge in [-0.05, 0) is 37.3 Å². The Kier molecular flexibility index (Phi) is 8.79. The minimum Gasteiger partial charge on any atom is -0.491 e. The number of carbonyl (C=O) groups excluding carboxylic acids is 1. The number of rotatable bonds is 9. The average Bonchev–Trinajstić information content (AvgIpc) is 2.79. The summed E-state index contributed by atoms with van der Waals surface area (Å²) in [5.74, 6) is -0.635. The fraction of sp³-hybridized carbons (Fsp3) is 0.391. The molecule has 0 aliphatic carbocycles. The number of hydrogen-bond donors (Lipinski definition) is 1. The molecule has 2 rings (SSSR count). The van der Waals surface area contributed by atoms with E-state index in [1.807, 2.05) is 6.07 Å². The molecule has 10 heteroatoms. The summed E-state index contributed by atoms with van der Waals surface area (Å²) < 4.78 is 46.6. The molecule has 1 amide bonds. The van der Waals surface area contributed by atoms with Crippen LogP contribution in [0.4, 0.5) is 18.9 Å². The van der Waals surface area contributed by atoms with Gasteiger partial charge in [-0.25, -0.2) is 4.98 Å². The van der Waals surface area contributed by atoms with E-state index in [2.05, 4.69) is 15.3 Å². The molecular formula is C23H26F3N5O2. The third-order valence-corrected chi connectivity index (χ3v) is 4.74. The molecule has 0 radical (unpaired) electrons. The van der Waals surface area contributed by atoms with Crippen molar-refractivity contribution in [3.63, 3.8) is 0 Å². The molecule has 0 atom stereocenters. The summed E-state index contributed by atoms with van der Waals surface area (Å²) >= 11 is 0. The number of ether oxygens (including phenoxy) is 1. The van der Waals surface area contributed by atoms with Gasteiger partial charge in [0.25, 0.3) is 0 Å². The first-order valence-electron chi connectivity index (χ1n) is 10.3. The lowest BCUT2D eigenvalue weighted by Gasteiger charge is -2.23. The summed E-state index contributed by atoms with van der Waals surface area (Å²) in [4.78, 5) is 21.6. The number of pyridine rings is 1. The van der Waals surface area contributed by atoms with Crippen LogP contribution in [0.3, 0.4) is 0 Å². The van der Waals surface area contributed by atoms with E-state index in [1.54, 1.807) is 38.8 Å². The van der Waals surface area contributed by atoms with E-state index in [1.165, 1.54) is 24.5 Å². The number of aromatic nitrogens is 1. The topological polar surface area (TPSA) is 90.6 Å². The van der Waals surface area contributed by atoms with E-state index in [0.717, 1.165) is 6.07 Å². The highest BCUT2D eigenvalue weighted by atomic mass is 19.4. The maximum absolute atomic E-state index is 13.7. The lowest BCUT2D eigenvalue weighted by atomic mass is 10.1. The quantitative estimate of drug-likeness (QED) is 0.436. The lowest BCUT2D eigenvalue weighted by molar-refractivity contribution is -0.139. The van der Waals surface area contributed by atoms with E-state index in [0.29, 0.717) is 12.2 Å². The van der Waals surface area contributed by atoms with Crippen molar-refractivity contribution < 1.29 is 22.7 Å². The molecule has 0 saturated heterocycles. The first-order valence-corrected chi connectivity index (χ1v) is 10.3. The van der Waals surface area contributed by atoms with Crippen molar-refractivity contribution in [3.05, 3.63) is 41.6 Å². The molecule has 1 heterocycles. The second-order valence-electron chi connectivity index (χ2n) is 7.37. The van der Waals surface area contributed by atoms with Crippen LogP contribution in [0.5, 0.6) is 5.75 Å². The lowest BCUT2D eigenvalue weighted by Crippen LogP contribution is -2.37. The number of amides is 1. The van der Waals surface area contributed by atoms with Gasteiger partial charge in [-0.2, -0.15) is 18.4 Å². The van der Waals surface area contributed by atoms with Crippen molar-refractivity contribution in [1.82, 2.24) is 9.88 Å². The maximum Gasteiger partial charge on any atom is 0.419 e. The third kappa shape index (κ3) is 6.68. The van der Waals surface area contributed by atoms with Gasteiger partial charge in [-0.1, -0.05) is 13.8 Å². The van der Waals surface area contributed by atoms with Gasteiger partial charge in [0.1, 0.15) is 18.4 Å². The Hall–Kier alpha value is -3.61. The number of likely N-dealkylation sites (N-methyl/N-ethyl adjacent to an activating group) is 1. The predicted octanol–water partition coefficient (Wildman–Crippen LogP) is 4.59. The van der Waals surface area contributed by atoms with Crippen molar-refractivity contribution in [2.24, 2.45) is 10.9 Å². The molecule has 176 valence electrons. The van der Waals surface area contributed by atoms with Crippen molar-refractivity contribution >= 4 is 17.9 Å². The van der Waals surface area contributed by atoms with Crippen LogP contribution in [0.25, 0.3) is 11.3 Å². The van der Waals surface area contributed by atoms with Crippen molar-refractivity contribution in [2.45, 2.75) is 26.9 Å². The zero-order valence-corrected chi connectivity index (χ0v) is 18.9. The number of nitrogens with one attached hydrogen (secondary N) is 1. The van der Waals surface area contributed by atoms with E-state index < -0.39 is 11.7 Å². The fourth-order valence-electron chi connectivity index (χ4n) is 3.05. The molecular weight excluding hydrogens is 435 g/mol. The number of carbonyl (C=O) groups is 1. The van der Waals surface area contributed by atoms with E-state index in [4.69, 9.17) is 4.74 Å². The second kappa shape index (κ2) is 11.3. The Bertz CT molecular complexity index is 1050. The van der Waals surface area contributed by atoms with E-state index in [-0.39, 0.29) is 47.7 Å². The van der Waals surface area contributed by atoms with Crippen molar-refractivity contribution in [1.29, 1.82) is 5.26 Å². The van der Waals surface area contributed by atoms with Crippen molar-refractivity contribution in [3.8, 4) is 23.1 Å². The maximum atomic E-state index is 13.7. The SMILES string of the molecule is CCN(CCOc1ccc(-c2ccc(NC=NC)c(C#N)n2)cc1C(F)(F)F)C(=O)C(C)C. The van der Waals surface area contributed by atoms with Crippen LogP contribution < -0.4 is 10.1 Å². The third-order valence-electron chi connectivity index (χ3n) is 4.74. The summed E-state index contributed by atoms with van der Waals surface area (Å²) in [6.45, 7) is 5.86. The minimum atomic E-state index is -4.67. The molecule has 0 aliphatic heterocycles. The first kappa shape index (κ1) is 25.6. The van der Waals surface area contributed by atoms with Crippen LogP contribution >= 0.6 is 0 Å². The second-order valence-corrected chi connectivity index (χ2v) is 7.37. The van der Waals surface area contributed by atoms with Gasteiger partial charge >= 0.3 is 6.18 Å².